The van der Waals surface area contributed by atoms with Crippen LogP contribution in [0.1, 0.15) is 46.4 Å². The second kappa shape index (κ2) is 6.54. The second-order valence-electron chi connectivity index (χ2n) is 6.09. The molecule has 2 aromatic heterocycles. The van der Waals surface area contributed by atoms with Crippen molar-refractivity contribution in [3.63, 3.8) is 0 Å². The van der Waals surface area contributed by atoms with Gasteiger partial charge in [0.25, 0.3) is 5.91 Å². The molecule has 0 spiro atoms. The molecule has 0 aromatic carbocycles. The predicted octanol–water partition coefficient (Wildman–Crippen LogP) is 1.68. The number of aromatic nitrogens is 3. The summed E-state index contributed by atoms with van der Waals surface area (Å²) in [6, 6.07) is 2.06. The predicted molar refractivity (Wildman–Crippen MR) is 85.1 cm³/mol. The normalized spacial score (nSPS) is 19.0. The molecule has 0 radical (unpaired) electrons. The van der Waals surface area contributed by atoms with Crippen molar-refractivity contribution in [3.8, 4) is 0 Å². The molecular formula is C16H23N5O2. The van der Waals surface area contributed by atoms with Crippen LogP contribution in [0.4, 0.5) is 0 Å². The minimum atomic E-state index is -0.146. The number of amides is 1. The number of hydrogen-bond donors (Lipinski definition) is 1. The van der Waals surface area contributed by atoms with Crippen molar-refractivity contribution in [3.05, 3.63) is 35.0 Å². The van der Waals surface area contributed by atoms with Crippen molar-refractivity contribution in [1.82, 2.24) is 25.2 Å². The van der Waals surface area contributed by atoms with E-state index in [0.717, 1.165) is 43.9 Å². The van der Waals surface area contributed by atoms with Crippen molar-refractivity contribution in [2.24, 2.45) is 0 Å². The van der Waals surface area contributed by atoms with Crippen LogP contribution in [0.25, 0.3) is 0 Å². The summed E-state index contributed by atoms with van der Waals surface area (Å²) < 4.78 is 7.17. The quantitative estimate of drug-likeness (QED) is 0.928. The van der Waals surface area contributed by atoms with Crippen LogP contribution in [0, 0.1) is 13.8 Å². The highest BCUT2D eigenvalue weighted by atomic mass is 16.5. The molecule has 1 aliphatic rings. The van der Waals surface area contributed by atoms with E-state index in [-0.39, 0.29) is 5.91 Å². The van der Waals surface area contributed by atoms with Gasteiger partial charge in [0.05, 0.1) is 11.7 Å². The van der Waals surface area contributed by atoms with E-state index in [2.05, 4.69) is 20.5 Å². The molecule has 0 aliphatic carbocycles. The van der Waals surface area contributed by atoms with Crippen LogP contribution >= 0.6 is 0 Å². The van der Waals surface area contributed by atoms with E-state index in [0.29, 0.717) is 11.7 Å². The third-order valence-corrected chi connectivity index (χ3v) is 4.49. The summed E-state index contributed by atoms with van der Waals surface area (Å²) in [7, 11) is 1.62. The highest BCUT2D eigenvalue weighted by Crippen LogP contribution is 2.24. The average Bonchev–Trinajstić information content (AvgIpc) is 3.17. The molecule has 7 heteroatoms. The molecule has 23 heavy (non-hydrogen) atoms. The second-order valence-corrected chi connectivity index (χ2v) is 6.09. The Morgan fingerprint density at radius 3 is 3.00 bits per heavy atom. The molecule has 1 aliphatic heterocycles. The summed E-state index contributed by atoms with van der Waals surface area (Å²) in [5.74, 6) is 0.748. The zero-order valence-electron chi connectivity index (χ0n) is 13.9. The summed E-state index contributed by atoms with van der Waals surface area (Å²) in [6.45, 7) is 6.76. The first-order valence-electron chi connectivity index (χ1n) is 8.00. The van der Waals surface area contributed by atoms with Crippen LogP contribution in [-0.2, 0) is 6.54 Å². The Kier molecular flexibility index (Phi) is 4.47. The largest absolute Gasteiger partial charge is 0.361 e. The number of nitrogens with zero attached hydrogens (tertiary/aromatic N) is 4. The van der Waals surface area contributed by atoms with Gasteiger partial charge in [0, 0.05) is 31.9 Å². The number of rotatable bonds is 4. The van der Waals surface area contributed by atoms with Crippen molar-refractivity contribution in [2.45, 2.75) is 39.3 Å². The van der Waals surface area contributed by atoms with Crippen LogP contribution < -0.4 is 5.32 Å². The molecule has 1 N–H and O–H groups in total. The molecule has 3 heterocycles. The van der Waals surface area contributed by atoms with Gasteiger partial charge in [-0.1, -0.05) is 5.16 Å². The van der Waals surface area contributed by atoms with Crippen molar-refractivity contribution in [1.29, 1.82) is 0 Å². The van der Waals surface area contributed by atoms with E-state index in [9.17, 15) is 4.79 Å². The van der Waals surface area contributed by atoms with E-state index < -0.39 is 0 Å². The lowest BCUT2D eigenvalue weighted by atomic mass is 10.0. The Labute approximate surface area is 135 Å². The maximum absolute atomic E-state index is 11.6. The molecule has 1 amide bonds. The van der Waals surface area contributed by atoms with Gasteiger partial charge >= 0.3 is 0 Å². The van der Waals surface area contributed by atoms with Crippen LogP contribution in [0.15, 0.2) is 16.8 Å². The van der Waals surface area contributed by atoms with E-state index in [1.807, 2.05) is 24.7 Å². The number of likely N-dealkylation sites (tertiary alicyclic amines) is 1. The van der Waals surface area contributed by atoms with E-state index in [4.69, 9.17) is 4.52 Å². The molecule has 0 saturated carbocycles. The van der Waals surface area contributed by atoms with Gasteiger partial charge in [0.2, 0.25) is 0 Å². The number of aryl methyl sites for hydroxylation is 2. The first kappa shape index (κ1) is 15.7. The lowest BCUT2D eigenvalue weighted by molar-refractivity contribution is 0.0955. The Hall–Kier alpha value is -2.15. The van der Waals surface area contributed by atoms with Gasteiger partial charge < -0.3 is 9.84 Å². The first-order chi connectivity index (χ1) is 11.1. The highest BCUT2D eigenvalue weighted by molar-refractivity contribution is 5.91. The van der Waals surface area contributed by atoms with Crippen molar-refractivity contribution in [2.75, 3.05) is 20.1 Å². The standard InChI is InChI=1S/C16H23N5O2/c1-11-14(12(2)23-19-11)10-20-7-4-5-13(9-20)21-8-6-15(18-21)16(22)17-3/h6,8,13H,4-5,7,9-10H2,1-3H3,(H,17,22). The topological polar surface area (TPSA) is 76.2 Å². The summed E-state index contributed by atoms with van der Waals surface area (Å²) in [5.41, 5.74) is 2.61. The van der Waals surface area contributed by atoms with Gasteiger partial charge in [-0.05, 0) is 39.3 Å². The minimum Gasteiger partial charge on any atom is -0.361 e. The first-order valence-corrected chi connectivity index (χ1v) is 8.00. The summed E-state index contributed by atoms with van der Waals surface area (Å²) in [5, 5.41) is 11.1. The Balaban J connectivity index is 1.68. The lowest BCUT2D eigenvalue weighted by Gasteiger charge is -2.32. The van der Waals surface area contributed by atoms with Gasteiger partial charge in [-0.15, -0.1) is 0 Å². The number of hydrogen-bond acceptors (Lipinski definition) is 5. The highest BCUT2D eigenvalue weighted by Gasteiger charge is 2.24. The summed E-state index contributed by atoms with van der Waals surface area (Å²) in [6.07, 6.45) is 4.09. The maximum Gasteiger partial charge on any atom is 0.271 e. The van der Waals surface area contributed by atoms with Crippen molar-refractivity contribution >= 4 is 5.91 Å². The monoisotopic (exact) mass is 317 g/mol. The fourth-order valence-electron chi connectivity index (χ4n) is 3.13. The number of nitrogens with one attached hydrogen (secondary N) is 1. The summed E-state index contributed by atoms with van der Waals surface area (Å²) >= 11 is 0. The fraction of sp³-hybridized carbons (Fsp3) is 0.562. The zero-order valence-corrected chi connectivity index (χ0v) is 13.9. The summed E-state index contributed by atoms with van der Waals surface area (Å²) in [4.78, 5) is 14.1. The molecule has 1 fully saturated rings. The van der Waals surface area contributed by atoms with E-state index >= 15 is 0 Å². The smallest absolute Gasteiger partial charge is 0.271 e. The Morgan fingerprint density at radius 1 is 1.48 bits per heavy atom. The number of carbonyl (C=O) groups is 1. The molecular weight excluding hydrogens is 294 g/mol. The van der Waals surface area contributed by atoms with Crippen molar-refractivity contribution < 1.29 is 9.32 Å². The molecule has 1 unspecified atom stereocenters. The maximum atomic E-state index is 11.6. The fourth-order valence-corrected chi connectivity index (χ4v) is 3.13. The molecule has 7 nitrogen and oxygen atoms in total. The molecule has 1 saturated heterocycles. The molecule has 2 aromatic rings. The van der Waals surface area contributed by atoms with Crippen LogP contribution in [0.5, 0.6) is 0 Å². The van der Waals surface area contributed by atoms with Gasteiger partial charge in [0.1, 0.15) is 11.5 Å². The van der Waals surface area contributed by atoms with Gasteiger partial charge in [0.15, 0.2) is 0 Å². The van der Waals surface area contributed by atoms with Gasteiger partial charge in [-0.2, -0.15) is 5.10 Å². The van der Waals surface area contributed by atoms with Crippen LogP contribution in [-0.4, -0.2) is 45.9 Å². The third kappa shape index (κ3) is 3.29. The van der Waals surface area contributed by atoms with Gasteiger partial charge in [-0.3, -0.25) is 14.4 Å². The average molecular weight is 317 g/mol. The third-order valence-electron chi connectivity index (χ3n) is 4.49. The van der Waals surface area contributed by atoms with Crippen LogP contribution in [0.2, 0.25) is 0 Å². The van der Waals surface area contributed by atoms with E-state index in [1.165, 1.54) is 5.56 Å². The molecule has 0 bridgehead atoms. The number of carbonyl (C=O) groups excluding carboxylic acids is 1. The number of piperidine rings is 1. The molecule has 3 rings (SSSR count). The SMILES string of the molecule is CNC(=O)c1ccn(C2CCCN(Cc3c(C)noc3C)C2)n1. The Morgan fingerprint density at radius 2 is 2.30 bits per heavy atom. The minimum absolute atomic E-state index is 0.146. The lowest BCUT2D eigenvalue weighted by Crippen LogP contribution is -2.36. The van der Waals surface area contributed by atoms with Gasteiger partial charge in [-0.25, -0.2) is 0 Å². The molecule has 1 atom stereocenters. The molecule has 124 valence electrons. The van der Waals surface area contributed by atoms with E-state index in [1.54, 1.807) is 13.1 Å². The van der Waals surface area contributed by atoms with Crippen LogP contribution in [0.3, 0.4) is 0 Å². The Bertz CT molecular complexity index is 671. The zero-order chi connectivity index (χ0) is 16.4.